The van der Waals surface area contributed by atoms with Crippen LogP contribution in [0.1, 0.15) is 47.3 Å². The fraction of sp³-hybridized carbons (Fsp3) is 0.522. The van der Waals surface area contributed by atoms with Crippen molar-refractivity contribution in [1.82, 2.24) is 0 Å². The molecule has 1 saturated heterocycles. The van der Waals surface area contributed by atoms with Gasteiger partial charge in [0, 0.05) is 6.42 Å². The van der Waals surface area contributed by atoms with Gasteiger partial charge in [-0.3, -0.25) is 9.59 Å². The van der Waals surface area contributed by atoms with E-state index in [-0.39, 0.29) is 24.7 Å². The average molecular weight is 450 g/mol. The molecule has 0 aromatic carbocycles. The smallest absolute Gasteiger partial charge is 0.350 e. The first-order valence-electron chi connectivity index (χ1n) is 10.5. The summed E-state index contributed by atoms with van der Waals surface area (Å²) in [6.07, 6.45) is 7.60. The Kier molecular flexibility index (Phi) is 9.45. The lowest BCUT2D eigenvalue weighted by molar-refractivity contribution is -0.912. The highest BCUT2D eigenvalue weighted by Gasteiger charge is 2.34. The molecule has 8 heteroatoms. The molecule has 2 rings (SSSR count). The highest BCUT2D eigenvalue weighted by Crippen LogP contribution is 2.29. The van der Waals surface area contributed by atoms with Crippen molar-refractivity contribution in [3.05, 3.63) is 40.3 Å². The maximum atomic E-state index is 13.0. The minimum atomic E-state index is -0.468. The van der Waals surface area contributed by atoms with Gasteiger partial charge in [-0.1, -0.05) is 6.58 Å². The number of thiophene rings is 1. The number of ketones is 1. The fourth-order valence-corrected chi connectivity index (χ4v) is 4.89. The van der Waals surface area contributed by atoms with Crippen LogP contribution in [0.5, 0.6) is 0 Å². The van der Waals surface area contributed by atoms with Crippen LogP contribution >= 0.6 is 11.3 Å². The number of ether oxygens (including phenoxy) is 2. The van der Waals surface area contributed by atoms with Gasteiger partial charge >= 0.3 is 5.97 Å². The van der Waals surface area contributed by atoms with Gasteiger partial charge in [-0.05, 0) is 55.2 Å². The lowest BCUT2D eigenvalue weighted by Crippen LogP contribution is -2.55. The second-order valence-corrected chi connectivity index (χ2v) is 8.97. The number of aryl methyl sites for hydroxylation is 1. The molecule has 1 aromatic rings. The van der Waals surface area contributed by atoms with E-state index in [1.54, 1.807) is 13.2 Å². The number of allylic oxidation sites excluding steroid dienone is 2. The van der Waals surface area contributed by atoms with Gasteiger partial charge in [0.25, 0.3) is 5.91 Å². The highest BCUT2D eigenvalue weighted by molar-refractivity contribution is 7.12. The van der Waals surface area contributed by atoms with Crippen LogP contribution in [0.2, 0.25) is 0 Å². The van der Waals surface area contributed by atoms with Crippen LogP contribution in [0, 0.1) is 6.92 Å². The van der Waals surface area contributed by atoms with E-state index >= 15 is 0 Å². The largest absolute Gasteiger partial charge is 0.504 e. The third-order valence-electron chi connectivity index (χ3n) is 5.48. The Labute approximate surface area is 188 Å². The first-order valence-corrected chi connectivity index (χ1v) is 11.4. The Morgan fingerprint density at radius 1 is 1.16 bits per heavy atom. The van der Waals surface area contributed by atoms with Crippen molar-refractivity contribution in [2.45, 2.75) is 39.0 Å². The molecule has 1 N–H and O–H groups in total. The van der Waals surface area contributed by atoms with Crippen molar-refractivity contribution in [2.24, 2.45) is 0 Å². The number of rotatable bonds is 10. The van der Waals surface area contributed by atoms with Crippen LogP contribution in [0.3, 0.4) is 0 Å². The Balaban J connectivity index is 2.13. The van der Waals surface area contributed by atoms with Crippen molar-refractivity contribution >= 4 is 34.7 Å². The first kappa shape index (κ1) is 24.8. The molecule has 1 aromatic heterocycles. The number of likely N-dealkylation sites (tertiary alicyclic amines) is 1. The van der Waals surface area contributed by atoms with E-state index in [0.717, 1.165) is 44.3 Å². The zero-order valence-electron chi connectivity index (χ0n) is 18.7. The van der Waals surface area contributed by atoms with E-state index < -0.39 is 5.97 Å². The van der Waals surface area contributed by atoms with Gasteiger partial charge in [0.15, 0.2) is 12.3 Å². The maximum absolute atomic E-state index is 13.0. The van der Waals surface area contributed by atoms with Crippen molar-refractivity contribution in [2.75, 3.05) is 45.7 Å². The normalized spacial score (nSPS) is 15.8. The summed E-state index contributed by atoms with van der Waals surface area (Å²) in [5, 5.41) is 4.73. The van der Waals surface area contributed by atoms with Gasteiger partial charge in [0.1, 0.15) is 11.4 Å². The van der Waals surface area contributed by atoms with Gasteiger partial charge in [-0.2, -0.15) is 0 Å². The molecule has 0 saturated carbocycles. The monoisotopic (exact) mass is 449 g/mol. The number of amides is 1. The van der Waals surface area contributed by atoms with Crippen molar-refractivity contribution in [3.63, 3.8) is 0 Å². The van der Waals surface area contributed by atoms with Crippen LogP contribution in [-0.2, 0) is 19.1 Å². The molecule has 0 atom stereocenters. The second-order valence-electron chi connectivity index (χ2n) is 8.09. The molecule has 31 heavy (non-hydrogen) atoms. The molecule has 0 bridgehead atoms. The summed E-state index contributed by atoms with van der Waals surface area (Å²) >= 11 is 1.25. The van der Waals surface area contributed by atoms with Crippen molar-refractivity contribution in [1.29, 1.82) is 0 Å². The van der Waals surface area contributed by atoms with E-state index in [0.29, 0.717) is 27.2 Å². The highest BCUT2D eigenvalue weighted by atomic mass is 32.1. The van der Waals surface area contributed by atoms with E-state index in [1.807, 2.05) is 12.3 Å². The predicted octanol–water partition coefficient (Wildman–Crippen LogP) is 3.85. The summed E-state index contributed by atoms with van der Waals surface area (Å²) in [6.45, 7) is 7.80. The molecule has 1 fully saturated rings. The number of carbonyl (C=O) groups excluding carboxylic acids is 3. The molecule has 1 amide bonds. The molecule has 0 aliphatic carbocycles. The predicted molar refractivity (Wildman–Crippen MR) is 122 cm³/mol. The summed E-state index contributed by atoms with van der Waals surface area (Å²) in [4.78, 5) is 38.2. The number of quaternary nitrogens is 1. The van der Waals surface area contributed by atoms with Crippen LogP contribution in [0.4, 0.5) is 5.69 Å². The quantitative estimate of drug-likeness (QED) is 0.254. The zero-order chi connectivity index (χ0) is 22.9. The summed E-state index contributed by atoms with van der Waals surface area (Å²) in [6, 6.07) is 0. The number of hydrogen-bond donors (Lipinski definition) is 1. The first-order chi connectivity index (χ1) is 14.8. The Morgan fingerprint density at radius 3 is 2.45 bits per heavy atom. The number of nitrogens with one attached hydrogen (secondary N) is 1. The van der Waals surface area contributed by atoms with Gasteiger partial charge in [0.2, 0.25) is 0 Å². The third kappa shape index (κ3) is 7.33. The zero-order valence-corrected chi connectivity index (χ0v) is 19.5. The Morgan fingerprint density at radius 2 is 1.84 bits per heavy atom. The average Bonchev–Trinajstić information content (AvgIpc) is 2.93. The number of Topliss-reactive ketones (excluding diaryl/α,β-unsaturated/α-hetero) is 1. The lowest BCUT2D eigenvalue weighted by atomic mass is 10.1. The number of esters is 1. The third-order valence-corrected chi connectivity index (χ3v) is 6.56. The molecular weight excluding hydrogens is 416 g/mol. The second kappa shape index (κ2) is 11.8. The van der Waals surface area contributed by atoms with Crippen molar-refractivity contribution in [3.8, 4) is 0 Å². The standard InChI is InChI=1S/C23H32N2O5S/c1-17(9-12-29-3)13-19(26)14-25(10-7-5-6-8-11-25)15-20(27)24-21-18(2)16-31-22(21)23(28)30-4/h9,12,16H,1,5-8,10-11,13-15H2,2-4H3/p+1/b12-9-. The Bertz CT molecular complexity index is 835. The van der Waals surface area contributed by atoms with Crippen LogP contribution in [0.25, 0.3) is 0 Å². The van der Waals surface area contributed by atoms with Gasteiger partial charge < -0.3 is 19.3 Å². The van der Waals surface area contributed by atoms with Crippen LogP contribution in [0.15, 0.2) is 29.9 Å². The number of methoxy groups -OCH3 is 2. The van der Waals surface area contributed by atoms with E-state index in [1.165, 1.54) is 24.7 Å². The molecule has 1 aliphatic heterocycles. The molecule has 170 valence electrons. The number of carbonyl (C=O) groups is 3. The molecule has 2 heterocycles. The molecule has 0 unspecified atom stereocenters. The van der Waals surface area contributed by atoms with E-state index in [2.05, 4.69) is 11.9 Å². The molecule has 0 radical (unpaired) electrons. The fourth-order valence-electron chi connectivity index (χ4n) is 3.96. The Hall–Kier alpha value is -2.45. The minimum absolute atomic E-state index is 0.0578. The summed E-state index contributed by atoms with van der Waals surface area (Å²) in [5.74, 6) is -0.605. The molecule has 1 aliphatic rings. The number of anilines is 1. The van der Waals surface area contributed by atoms with E-state index in [4.69, 9.17) is 9.47 Å². The summed E-state index contributed by atoms with van der Waals surface area (Å²) in [7, 11) is 2.87. The van der Waals surface area contributed by atoms with Gasteiger partial charge in [0.05, 0.1) is 39.3 Å². The topological polar surface area (TPSA) is 81.7 Å². The molecule has 7 nitrogen and oxygen atoms in total. The molecular formula is C23H33N2O5S+. The SMILES string of the molecule is C=C(/C=C\OC)CC(=O)C[N+]1(CC(=O)Nc2c(C)csc2C(=O)OC)CCCCCC1. The van der Waals surface area contributed by atoms with Gasteiger partial charge in [-0.25, -0.2) is 4.79 Å². The van der Waals surface area contributed by atoms with E-state index in [9.17, 15) is 14.4 Å². The van der Waals surface area contributed by atoms with Crippen molar-refractivity contribution < 1.29 is 28.3 Å². The number of nitrogens with zero attached hydrogens (tertiary/aromatic N) is 1. The minimum Gasteiger partial charge on any atom is -0.504 e. The number of hydrogen-bond acceptors (Lipinski definition) is 6. The lowest BCUT2D eigenvalue weighted by Gasteiger charge is -2.36. The van der Waals surface area contributed by atoms with Crippen LogP contribution < -0.4 is 5.32 Å². The summed E-state index contributed by atoms with van der Waals surface area (Å²) < 4.78 is 10.1. The maximum Gasteiger partial charge on any atom is 0.350 e. The van der Waals surface area contributed by atoms with Crippen LogP contribution in [-0.4, -0.2) is 62.5 Å². The summed E-state index contributed by atoms with van der Waals surface area (Å²) in [5.41, 5.74) is 2.00. The van der Waals surface area contributed by atoms with Gasteiger partial charge in [-0.15, -0.1) is 11.3 Å². The molecule has 0 spiro atoms.